The van der Waals surface area contributed by atoms with Crippen molar-refractivity contribution in [3.63, 3.8) is 0 Å². The van der Waals surface area contributed by atoms with Crippen molar-refractivity contribution in [1.82, 2.24) is 14.8 Å². The normalized spacial score (nSPS) is 11.7. The molecule has 1 heterocycles. The number of ether oxygens (including phenoxy) is 2. The summed E-state index contributed by atoms with van der Waals surface area (Å²) in [6.07, 6.45) is 0. The average molecular weight is 398 g/mol. The summed E-state index contributed by atoms with van der Waals surface area (Å²) >= 11 is 1.36. The van der Waals surface area contributed by atoms with E-state index in [1.54, 1.807) is 38.5 Å². The molecule has 0 unspecified atom stereocenters. The van der Waals surface area contributed by atoms with Gasteiger partial charge in [-0.25, -0.2) is 0 Å². The molecule has 0 radical (unpaired) electrons. The molecule has 1 amide bonds. The summed E-state index contributed by atoms with van der Waals surface area (Å²) in [5.74, 6) is 2.15. The first-order chi connectivity index (χ1) is 13.5. The van der Waals surface area contributed by atoms with Gasteiger partial charge in [-0.2, -0.15) is 0 Å². The Morgan fingerprint density at radius 1 is 1.00 bits per heavy atom. The van der Waals surface area contributed by atoms with E-state index in [2.05, 4.69) is 15.5 Å². The van der Waals surface area contributed by atoms with Gasteiger partial charge in [-0.1, -0.05) is 11.8 Å². The molecule has 8 heteroatoms. The van der Waals surface area contributed by atoms with E-state index >= 15 is 0 Å². The van der Waals surface area contributed by atoms with Crippen molar-refractivity contribution in [3.8, 4) is 22.9 Å². The summed E-state index contributed by atoms with van der Waals surface area (Å²) in [4.78, 5) is 12.5. The Morgan fingerprint density at radius 2 is 1.57 bits per heavy atom. The van der Waals surface area contributed by atoms with Crippen LogP contribution in [-0.4, -0.2) is 40.1 Å². The predicted molar refractivity (Wildman–Crippen MR) is 110 cm³/mol. The highest BCUT2D eigenvalue weighted by molar-refractivity contribution is 8.00. The van der Waals surface area contributed by atoms with E-state index in [9.17, 15) is 4.79 Å². The zero-order valence-electron chi connectivity index (χ0n) is 16.2. The molecular formula is C20H22N4O3S. The number of hydrogen-bond acceptors (Lipinski definition) is 6. The molecule has 0 saturated heterocycles. The fourth-order valence-corrected chi connectivity index (χ4v) is 3.35. The number of methoxy groups -OCH3 is 2. The van der Waals surface area contributed by atoms with Crippen molar-refractivity contribution in [1.29, 1.82) is 0 Å². The minimum Gasteiger partial charge on any atom is -0.497 e. The zero-order chi connectivity index (χ0) is 20.1. The quantitative estimate of drug-likeness (QED) is 0.613. The Balaban J connectivity index is 1.67. The Kier molecular flexibility index (Phi) is 6.20. The number of amides is 1. The number of nitrogens with zero attached hydrogens (tertiary/aromatic N) is 3. The maximum Gasteiger partial charge on any atom is 0.237 e. The molecule has 0 aliphatic heterocycles. The van der Waals surface area contributed by atoms with Gasteiger partial charge in [0.1, 0.15) is 11.5 Å². The molecule has 1 N–H and O–H groups in total. The van der Waals surface area contributed by atoms with E-state index < -0.39 is 0 Å². The van der Waals surface area contributed by atoms with E-state index in [-0.39, 0.29) is 11.2 Å². The highest BCUT2D eigenvalue weighted by atomic mass is 32.2. The molecule has 0 saturated carbocycles. The third-order valence-corrected chi connectivity index (χ3v) is 5.33. The zero-order valence-corrected chi connectivity index (χ0v) is 17.0. The van der Waals surface area contributed by atoms with Gasteiger partial charge in [-0.3, -0.25) is 4.79 Å². The maximum absolute atomic E-state index is 12.5. The largest absolute Gasteiger partial charge is 0.497 e. The summed E-state index contributed by atoms with van der Waals surface area (Å²) in [7, 11) is 5.12. The molecule has 3 aromatic rings. The van der Waals surface area contributed by atoms with Gasteiger partial charge >= 0.3 is 0 Å². The highest BCUT2D eigenvalue weighted by Gasteiger charge is 2.19. The molecule has 0 bridgehead atoms. The molecule has 0 fully saturated rings. The Labute approximate surface area is 168 Å². The van der Waals surface area contributed by atoms with Crippen LogP contribution in [0.2, 0.25) is 0 Å². The lowest BCUT2D eigenvalue weighted by atomic mass is 10.2. The molecule has 3 rings (SSSR count). The van der Waals surface area contributed by atoms with E-state index in [4.69, 9.17) is 9.47 Å². The molecule has 0 aliphatic carbocycles. The van der Waals surface area contributed by atoms with Crippen LogP contribution < -0.4 is 14.8 Å². The highest BCUT2D eigenvalue weighted by Crippen LogP contribution is 2.27. The fourth-order valence-electron chi connectivity index (χ4n) is 2.54. The predicted octanol–water partition coefficient (Wildman–Crippen LogP) is 3.62. The van der Waals surface area contributed by atoms with Crippen LogP contribution in [0.25, 0.3) is 11.4 Å². The molecule has 28 heavy (non-hydrogen) atoms. The average Bonchev–Trinajstić information content (AvgIpc) is 3.08. The monoisotopic (exact) mass is 398 g/mol. The van der Waals surface area contributed by atoms with Gasteiger partial charge in [0.2, 0.25) is 5.91 Å². The van der Waals surface area contributed by atoms with E-state index in [1.165, 1.54) is 11.8 Å². The number of carbonyl (C=O) groups excluding carboxylic acids is 1. The van der Waals surface area contributed by atoms with E-state index in [1.807, 2.05) is 42.8 Å². The first-order valence-corrected chi connectivity index (χ1v) is 9.55. The molecule has 2 aromatic carbocycles. The van der Waals surface area contributed by atoms with Crippen LogP contribution in [0.1, 0.15) is 6.92 Å². The van der Waals surface area contributed by atoms with Crippen LogP contribution in [0.15, 0.2) is 53.7 Å². The summed E-state index contributed by atoms with van der Waals surface area (Å²) in [5.41, 5.74) is 1.65. The van der Waals surface area contributed by atoms with Gasteiger partial charge in [0, 0.05) is 18.3 Å². The summed E-state index contributed by atoms with van der Waals surface area (Å²) < 4.78 is 12.2. The van der Waals surface area contributed by atoms with E-state index in [0.29, 0.717) is 5.16 Å². The topological polar surface area (TPSA) is 78.3 Å². The Morgan fingerprint density at radius 3 is 2.14 bits per heavy atom. The molecule has 0 spiro atoms. The van der Waals surface area contributed by atoms with Gasteiger partial charge in [0.05, 0.1) is 19.5 Å². The van der Waals surface area contributed by atoms with Crippen LogP contribution in [0, 0.1) is 0 Å². The van der Waals surface area contributed by atoms with Gasteiger partial charge < -0.3 is 19.4 Å². The smallest absolute Gasteiger partial charge is 0.237 e. The van der Waals surface area contributed by atoms with Crippen LogP contribution in [-0.2, 0) is 11.8 Å². The maximum atomic E-state index is 12.5. The number of thioether (sulfide) groups is 1. The first-order valence-electron chi connectivity index (χ1n) is 8.67. The van der Waals surface area contributed by atoms with Gasteiger partial charge in [-0.15, -0.1) is 10.2 Å². The van der Waals surface area contributed by atoms with E-state index in [0.717, 1.165) is 28.6 Å². The van der Waals surface area contributed by atoms with Gasteiger partial charge in [-0.05, 0) is 55.5 Å². The Hall–Kier alpha value is -3.00. The Bertz CT molecular complexity index is 939. The number of nitrogens with one attached hydrogen (secondary N) is 1. The number of rotatable bonds is 7. The van der Waals surface area contributed by atoms with Crippen molar-refractivity contribution in [2.24, 2.45) is 7.05 Å². The number of aromatic nitrogens is 3. The van der Waals surface area contributed by atoms with Crippen LogP contribution in [0.4, 0.5) is 5.69 Å². The third kappa shape index (κ3) is 4.45. The van der Waals surface area contributed by atoms with Crippen LogP contribution in [0.3, 0.4) is 0 Å². The lowest BCUT2D eigenvalue weighted by molar-refractivity contribution is -0.115. The number of anilines is 1. The van der Waals surface area contributed by atoms with Crippen molar-refractivity contribution in [2.75, 3.05) is 19.5 Å². The standard InChI is InChI=1S/C20H22N4O3S/c1-13(19(25)21-15-7-11-17(27-4)12-8-15)28-20-23-22-18(24(20)2)14-5-9-16(26-3)10-6-14/h5-13H,1-4H3,(H,21,25)/t13-/m0/s1. The van der Waals surface area contributed by atoms with Crippen molar-refractivity contribution in [3.05, 3.63) is 48.5 Å². The second kappa shape index (κ2) is 8.79. The minimum atomic E-state index is -0.339. The van der Waals surface area contributed by atoms with Gasteiger partial charge in [0.15, 0.2) is 11.0 Å². The van der Waals surface area contributed by atoms with Crippen molar-refractivity contribution in [2.45, 2.75) is 17.3 Å². The fraction of sp³-hybridized carbons (Fsp3) is 0.250. The molecule has 7 nitrogen and oxygen atoms in total. The minimum absolute atomic E-state index is 0.107. The lowest BCUT2D eigenvalue weighted by Gasteiger charge is -2.12. The number of carbonyl (C=O) groups is 1. The molecule has 146 valence electrons. The summed E-state index contributed by atoms with van der Waals surface area (Å²) in [6, 6.07) is 14.8. The molecule has 1 atom stereocenters. The second-order valence-corrected chi connectivity index (χ2v) is 7.38. The number of hydrogen-bond donors (Lipinski definition) is 1. The van der Waals surface area contributed by atoms with Crippen LogP contribution in [0.5, 0.6) is 11.5 Å². The van der Waals surface area contributed by atoms with Crippen LogP contribution >= 0.6 is 11.8 Å². The SMILES string of the molecule is COc1ccc(NC(=O)[C@H](C)Sc2nnc(-c3ccc(OC)cc3)n2C)cc1. The summed E-state index contributed by atoms with van der Waals surface area (Å²) in [6.45, 7) is 1.84. The third-order valence-electron chi connectivity index (χ3n) is 4.19. The number of benzene rings is 2. The van der Waals surface area contributed by atoms with Gasteiger partial charge in [0.25, 0.3) is 0 Å². The lowest BCUT2D eigenvalue weighted by Crippen LogP contribution is -2.22. The molecule has 0 aliphatic rings. The molecule has 1 aromatic heterocycles. The van der Waals surface area contributed by atoms with Crippen molar-refractivity contribution < 1.29 is 14.3 Å². The molecular weight excluding hydrogens is 376 g/mol. The van der Waals surface area contributed by atoms with Crippen molar-refractivity contribution >= 4 is 23.4 Å². The second-order valence-electron chi connectivity index (χ2n) is 6.07. The summed E-state index contributed by atoms with van der Waals surface area (Å²) in [5, 5.41) is 11.7. The first kappa shape index (κ1) is 19.8.